The molecule has 6 nitrogen and oxygen atoms in total. The smallest absolute Gasteiger partial charge is 0.317 e. The predicted octanol–water partition coefficient (Wildman–Crippen LogP) is 1.05. The first-order valence-electron chi connectivity index (χ1n) is 7.40. The van der Waals surface area contributed by atoms with Crippen LogP contribution < -0.4 is 5.32 Å². The lowest BCUT2D eigenvalue weighted by Gasteiger charge is -2.41. The molecule has 0 aromatic rings. The van der Waals surface area contributed by atoms with Crippen molar-refractivity contribution in [1.82, 2.24) is 10.2 Å². The van der Waals surface area contributed by atoms with E-state index >= 15 is 0 Å². The number of nitrogens with zero attached hydrogens (tertiary/aromatic N) is 1. The Morgan fingerprint density at radius 1 is 1.25 bits per heavy atom. The van der Waals surface area contributed by atoms with Crippen LogP contribution in [0.15, 0.2) is 0 Å². The van der Waals surface area contributed by atoms with E-state index in [1.807, 2.05) is 0 Å². The van der Waals surface area contributed by atoms with Crippen molar-refractivity contribution < 1.29 is 19.8 Å². The maximum atomic E-state index is 12.1. The summed E-state index contributed by atoms with van der Waals surface area (Å²) in [4.78, 5) is 24.7. The first-order valence-corrected chi connectivity index (χ1v) is 7.40. The second-order valence-corrected chi connectivity index (χ2v) is 6.20. The molecule has 1 saturated carbocycles. The number of aliphatic carboxylic acids is 1. The Morgan fingerprint density at radius 2 is 1.90 bits per heavy atom. The molecule has 0 spiro atoms. The number of carbonyl (C=O) groups excluding carboxylic acids is 1. The summed E-state index contributed by atoms with van der Waals surface area (Å²) in [6.07, 6.45) is 4.62. The lowest BCUT2D eigenvalue weighted by molar-refractivity contribution is -0.141. The zero-order chi connectivity index (χ0) is 14.6. The highest BCUT2D eigenvalue weighted by molar-refractivity contribution is 5.74. The van der Waals surface area contributed by atoms with Gasteiger partial charge in [0.2, 0.25) is 0 Å². The van der Waals surface area contributed by atoms with Gasteiger partial charge in [-0.1, -0.05) is 6.42 Å². The van der Waals surface area contributed by atoms with E-state index < -0.39 is 5.97 Å². The van der Waals surface area contributed by atoms with Gasteiger partial charge in [-0.15, -0.1) is 0 Å². The van der Waals surface area contributed by atoms with Crippen LogP contribution in [0.2, 0.25) is 0 Å². The fourth-order valence-corrected chi connectivity index (χ4v) is 3.11. The number of aliphatic hydroxyl groups is 1. The molecule has 6 heteroatoms. The second-order valence-electron chi connectivity index (χ2n) is 6.20. The molecule has 1 heterocycles. The average Bonchev–Trinajstić information content (AvgIpc) is 2.41. The Bertz CT molecular complexity index is 360. The molecule has 1 saturated heterocycles. The van der Waals surface area contributed by atoms with Gasteiger partial charge >= 0.3 is 12.0 Å². The lowest BCUT2D eigenvalue weighted by Crippen LogP contribution is -2.50. The molecule has 0 atom stereocenters. The molecular formula is C14H24N2O4. The Labute approximate surface area is 119 Å². The number of hydrogen-bond acceptors (Lipinski definition) is 3. The van der Waals surface area contributed by atoms with E-state index in [9.17, 15) is 9.59 Å². The molecule has 2 aliphatic rings. The van der Waals surface area contributed by atoms with Crippen LogP contribution in [0.4, 0.5) is 4.79 Å². The van der Waals surface area contributed by atoms with E-state index in [0.29, 0.717) is 25.6 Å². The third kappa shape index (κ3) is 3.62. The molecule has 0 bridgehead atoms. The van der Waals surface area contributed by atoms with Gasteiger partial charge in [-0.3, -0.25) is 4.79 Å². The predicted molar refractivity (Wildman–Crippen MR) is 73.3 cm³/mol. The summed E-state index contributed by atoms with van der Waals surface area (Å²) in [5.74, 6) is -0.480. The van der Waals surface area contributed by atoms with Crippen molar-refractivity contribution in [2.45, 2.75) is 38.5 Å². The zero-order valence-electron chi connectivity index (χ0n) is 11.8. The van der Waals surface area contributed by atoms with Crippen molar-refractivity contribution in [3.63, 3.8) is 0 Å². The van der Waals surface area contributed by atoms with Crippen molar-refractivity contribution in [2.24, 2.45) is 11.3 Å². The number of amides is 2. The molecule has 20 heavy (non-hydrogen) atoms. The fourth-order valence-electron chi connectivity index (χ4n) is 3.11. The number of urea groups is 1. The SMILES string of the molecule is O=C(O)CC1(CNC(=O)N2CCC(CO)CC2)CCC1. The van der Waals surface area contributed by atoms with Crippen LogP contribution >= 0.6 is 0 Å². The van der Waals surface area contributed by atoms with Gasteiger partial charge < -0.3 is 20.4 Å². The molecule has 1 aliphatic heterocycles. The molecule has 1 aliphatic carbocycles. The molecule has 0 radical (unpaired) electrons. The van der Waals surface area contributed by atoms with Gasteiger partial charge in [-0.25, -0.2) is 4.79 Å². The molecular weight excluding hydrogens is 260 g/mol. The largest absolute Gasteiger partial charge is 0.481 e. The summed E-state index contributed by atoms with van der Waals surface area (Å²) in [6, 6.07) is -0.0990. The molecule has 3 N–H and O–H groups in total. The van der Waals surface area contributed by atoms with E-state index in [-0.39, 0.29) is 24.5 Å². The first-order chi connectivity index (χ1) is 9.54. The van der Waals surface area contributed by atoms with Crippen LogP contribution in [0, 0.1) is 11.3 Å². The maximum absolute atomic E-state index is 12.1. The van der Waals surface area contributed by atoms with Crippen LogP contribution in [-0.2, 0) is 4.79 Å². The highest BCUT2D eigenvalue weighted by Gasteiger charge is 2.39. The van der Waals surface area contributed by atoms with Gasteiger partial charge in [0.05, 0.1) is 6.42 Å². The molecule has 114 valence electrons. The Hall–Kier alpha value is -1.30. The van der Waals surface area contributed by atoms with Gasteiger partial charge in [0, 0.05) is 26.2 Å². The number of carboxylic acid groups (broad SMARTS) is 1. The molecule has 2 rings (SSSR count). The number of carboxylic acids is 1. The average molecular weight is 284 g/mol. The number of rotatable bonds is 5. The lowest BCUT2D eigenvalue weighted by atomic mass is 9.66. The normalized spacial score (nSPS) is 22.1. The standard InChI is InChI=1S/C14H24N2O4/c17-9-11-2-6-16(7-3-11)13(20)15-10-14(4-1-5-14)8-12(18)19/h11,17H,1-10H2,(H,15,20)(H,18,19). The Kier molecular flexibility index (Phi) is 4.86. The van der Waals surface area contributed by atoms with Crippen LogP contribution in [0.5, 0.6) is 0 Å². The maximum Gasteiger partial charge on any atom is 0.317 e. The minimum atomic E-state index is -0.789. The number of aliphatic hydroxyl groups excluding tert-OH is 1. The summed E-state index contributed by atoms with van der Waals surface area (Å²) in [5.41, 5.74) is -0.231. The molecule has 2 fully saturated rings. The van der Waals surface area contributed by atoms with Gasteiger partial charge in [0.1, 0.15) is 0 Å². The highest BCUT2D eigenvalue weighted by atomic mass is 16.4. The number of hydrogen-bond donors (Lipinski definition) is 3. The third-order valence-corrected chi connectivity index (χ3v) is 4.71. The van der Waals surface area contributed by atoms with Crippen LogP contribution in [0.1, 0.15) is 38.5 Å². The van der Waals surface area contributed by atoms with Crippen molar-refractivity contribution in [3.05, 3.63) is 0 Å². The zero-order valence-corrected chi connectivity index (χ0v) is 11.8. The van der Waals surface area contributed by atoms with E-state index in [0.717, 1.165) is 32.1 Å². The van der Waals surface area contributed by atoms with E-state index in [1.54, 1.807) is 4.90 Å². The molecule has 2 amide bonds. The van der Waals surface area contributed by atoms with Crippen molar-refractivity contribution >= 4 is 12.0 Å². The number of piperidine rings is 1. The van der Waals surface area contributed by atoms with Gasteiger partial charge in [0.15, 0.2) is 0 Å². The minimum Gasteiger partial charge on any atom is -0.481 e. The van der Waals surface area contributed by atoms with Gasteiger partial charge in [-0.05, 0) is 37.0 Å². The Morgan fingerprint density at radius 3 is 2.35 bits per heavy atom. The van der Waals surface area contributed by atoms with E-state index in [2.05, 4.69) is 5.32 Å². The van der Waals surface area contributed by atoms with Gasteiger partial charge in [-0.2, -0.15) is 0 Å². The highest BCUT2D eigenvalue weighted by Crippen LogP contribution is 2.43. The quantitative estimate of drug-likeness (QED) is 0.704. The Balaban J connectivity index is 1.76. The third-order valence-electron chi connectivity index (χ3n) is 4.71. The van der Waals surface area contributed by atoms with Crippen LogP contribution in [0.25, 0.3) is 0 Å². The monoisotopic (exact) mass is 284 g/mol. The van der Waals surface area contributed by atoms with Crippen molar-refractivity contribution in [2.75, 3.05) is 26.2 Å². The summed E-state index contributed by atoms with van der Waals surface area (Å²) < 4.78 is 0. The summed E-state index contributed by atoms with van der Waals surface area (Å²) in [7, 11) is 0. The summed E-state index contributed by atoms with van der Waals surface area (Å²) in [6.45, 7) is 1.99. The second kappa shape index (κ2) is 6.43. The fraction of sp³-hybridized carbons (Fsp3) is 0.857. The van der Waals surface area contributed by atoms with E-state index in [1.165, 1.54) is 0 Å². The van der Waals surface area contributed by atoms with Gasteiger partial charge in [0.25, 0.3) is 0 Å². The van der Waals surface area contributed by atoms with Crippen molar-refractivity contribution in [3.8, 4) is 0 Å². The number of nitrogens with one attached hydrogen (secondary N) is 1. The summed E-state index contributed by atoms with van der Waals surface area (Å²) in [5, 5.41) is 20.9. The van der Waals surface area contributed by atoms with Crippen LogP contribution in [0.3, 0.4) is 0 Å². The number of carbonyl (C=O) groups is 2. The molecule has 0 aromatic heterocycles. The topological polar surface area (TPSA) is 89.9 Å². The van der Waals surface area contributed by atoms with Crippen LogP contribution in [-0.4, -0.2) is 53.4 Å². The van der Waals surface area contributed by atoms with E-state index in [4.69, 9.17) is 10.2 Å². The summed E-state index contributed by atoms with van der Waals surface area (Å²) >= 11 is 0. The number of likely N-dealkylation sites (tertiary alicyclic amines) is 1. The minimum absolute atomic E-state index is 0.0990. The molecule has 0 unspecified atom stereocenters. The molecule has 0 aromatic carbocycles. The first kappa shape index (κ1) is 15.1. The van der Waals surface area contributed by atoms with Crippen molar-refractivity contribution in [1.29, 1.82) is 0 Å².